The van der Waals surface area contributed by atoms with Gasteiger partial charge >= 0.3 is 24.3 Å². The Balaban J connectivity index is 3.09. The number of nitrogens with one attached hydrogen (secondary N) is 4. The van der Waals surface area contributed by atoms with Gasteiger partial charge in [0.25, 0.3) is 0 Å². The fraction of sp³-hybridized carbons (Fsp3) is 0.520. The highest BCUT2D eigenvalue weighted by Crippen LogP contribution is 2.41. The quantitative estimate of drug-likeness (QED) is 0.0910. The average molecular weight is 644 g/mol. The van der Waals surface area contributed by atoms with E-state index in [0.29, 0.717) is 0 Å². The van der Waals surface area contributed by atoms with Gasteiger partial charge in [-0.2, -0.15) is 26.3 Å². The lowest BCUT2D eigenvalue weighted by Crippen LogP contribution is -2.62. The molecule has 3 unspecified atom stereocenters. The minimum Gasteiger partial charge on any atom is -0.469 e. The van der Waals surface area contributed by atoms with E-state index in [1.165, 1.54) is 29.6 Å². The summed E-state index contributed by atoms with van der Waals surface area (Å²) >= 11 is 0. The number of carbonyl (C=O) groups excluding carboxylic acids is 6. The molecule has 13 nitrogen and oxygen atoms in total. The molecule has 19 heteroatoms. The Bertz CT molecular complexity index is 1150. The number of ether oxygens (including phenoxy) is 2. The van der Waals surface area contributed by atoms with Crippen molar-refractivity contribution in [2.45, 2.75) is 43.8 Å². The molecular formula is C25H31F6N5O8. The number of nitrogens with two attached hydrogens (primary N) is 1. The zero-order valence-electron chi connectivity index (χ0n) is 23.3. The van der Waals surface area contributed by atoms with Crippen molar-refractivity contribution < 1.29 is 64.6 Å². The maximum absolute atomic E-state index is 13.5. The molecule has 1 aromatic carbocycles. The maximum Gasteiger partial charge on any atom is 0.403 e. The number of Topliss-reactive ketones (excluding diaryl/α,β-unsaturated/α-hetero) is 1. The number of benzene rings is 1. The Kier molecular flexibility index (Phi) is 14.7. The second kappa shape index (κ2) is 17.1. The Morgan fingerprint density at radius 2 is 1.48 bits per heavy atom. The van der Waals surface area contributed by atoms with Crippen molar-refractivity contribution in [1.82, 2.24) is 21.3 Å². The SMILES string of the molecule is COC(=O)CC(NC(=O)C(C)NC(=O)C(NC(=O)CNCCN)C(C(F)(F)F)C(F)(F)F)C(=O)COC(=O)c1ccccc1. The lowest BCUT2D eigenvalue weighted by molar-refractivity contribution is -0.289. The number of amides is 3. The minimum absolute atomic E-state index is 0.0213. The summed E-state index contributed by atoms with van der Waals surface area (Å²) in [7, 11) is 0.946. The van der Waals surface area contributed by atoms with E-state index in [4.69, 9.17) is 10.5 Å². The molecular weight excluding hydrogens is 612 g/mol. The van der Waals surface area contributed by atoms with Crippen molar-refractivity contribution >= 4 is 35.4 Å². The number of halogens is 6. The van der Waals surface area contributed by atoms with Gasteiger partial charge in [0, 0.05) is 13.1 Å². The Hall–Kier alpha value is -4.26. The summed E-state index contributed by atoms with van der Waals surface area (Å²) in [5.74, 6) is -12.2. The first-order valence-electron chi connectivity index (χ1n) is 12.7. The molecule has 3 amide bonds. The van der Waals surface area contributed by atoms with Crippen molar-refractivity contribution in [3.05, 3.63) is 35.9 Å². The Labute approximate surface area is 246 Å². The van der Waals surface area contributed by atoms with Gasteiger partial charge in [0.2, 0.25) is 17.7 Å². The predicted octanol–water partition coefficient (Wildman–Crippen LogP) is -0.261. The summed E-state index contributed by atoms with van der Waals surface area (Å²) in [6.07, 6.45) is -12.9. The number of alkyl halides is 6. The molecule has 0 saturated carbocycles. The molecule has 0 heterocycles. The standard InChI is InChI=1S/C25H31F6N5O8/c1-13(34-22(41)19(36-17(38)11-33-9-8-32)20(24(26,27)28)25(29,30)31)21(40)35-15(10-18(39)43-2)16(37)12-44-23(42)14-6-4-3-5-7-14/h3-7,13,15,19-20,33H,8-12,32H2,1-2H3,(H,34,41)(H,35,40)(H,36,38). The third kappa shape index (κ3) is 12.5. The zero-order chi connectivity index (χ0) is 33.7. The first-order valence-corrected chi connectivity index (χ1v) is 12.7. The molecule has 0 aliphatic carbocycles. The van der Waals surface area contributed by atoms with Crippen LogP contribution in [0.15, 0.2) is 30.3 Å². The number of esters is 2. The van der Waals surface area contributed by atoms with E-state index in [0.717, 1.165) is 14.0 Å². The number of methoxy groups -OCH3 is 1. The predicted molar refractivity (Wildman–Crippen MR) is 137 cm³/mol. The van der Waals surface area contributed by atoms with E-state index < -0.39 is 91.4 Å². The third-order valence-electron chi connectivity index (χ3n) is 5.65. The largest absolute Gasteiger partial charge is 0.469 e. The van der Waals surface area contributed by atoms with E-state index in [-0.39, 0.29) is 18.7 Å². The lowest BCUT2D eigenvalue weighted by atomic mass is 9.96. The summed E-state index contributed by atoms with van der Waals surface area (Å²) in [4.78, 5) is 74.0. The van der Waals surface area contributed by atoms with Crippen molar-refractivity contribution in [3.8, 4) is 0 Å². The van der Waals surface area contributed by atoms with E-state index in [1.54, 1.807) is 11.4 Å². The van der Waals surface area contributed by atoms with Crippen molar-refractivity contribution in [3.63, 3.8) is 0 Å². The molecule has 1 rings (SSSR count). The molecule has 44 heavy (non-hydrogen) atoms. The number of hydrogen-bond donors (Lipinski definition) is 5. The molecule has 0 saturated heterocycles. The maximum atomic E-state index is 13.5. The molecule has 0 spiro atoms. The van der Waals surface area contributed by atoms with E-state index in [1.807, 2.05) is 5.32 Å². The summed E-state index contributed by atoms with van der Waals surface area (Å²) in [5, 5.41) is 7.36. The summed E-state index contributed by atoms with van der Waals surface area (Å²) in [5.41, 5.74) is 5.26. The molecule has 0 aliphatic heterocycles. The van der Waals surface area contributed by atoms with Gasteiger partial charge in [0.05, 0.1) is 25.6 Å². The molecule has 1 aromatic rings. The summed E-state index contributed by atoms with van der Waals surface area (Å²) < 4.78 is 90.0. The van der Waals surface area contributed by atoms with Crippen molar-refractivity contribution in [2.75, 3.05) is 33.4 Å². The molecule has 0 fully saturated rings. The number of carbonyl (C=O) groups is 6. The summed E-state index contributed by atoms with van der Waals surface area (Å²) in [6.45, 7) is -0.944. The molecule has 0 bridgehead atoms. The highest BCUT2D eigenvalue weighted by atomic mass is 19.4. The van der Waals surface area contributed by atoms with E-state index >= 15 is 0 Å². The van der Waals surface area contributed by atoms with Crippen molar-refractivity contribution in [2.24, 2.45) is 11.7 Å². The van der Waals surface area contributed by atoms with Crippen LogP contribution in [0.2, 0.25) is 0 Å². The van der Waals surface area contributed by atoms with Crippen LogP contribution in [-0.2, 0) is 33.4 Å². The van der Waals surface area contributed by atoms with E-state index in [2.05, 4.69) is 10.1 Å². The third-order valence-corrected chi connectivity index (χ3v) is 5.65. The van der Waals surface area contributed by atoms with Gasteiger partial charge in [-0.25, -0.2) is 4.79 Å². The highest BCUT2D eigenvalue weighted by molar-refractivity contribution is 5.97. The van der Waals surface area contributed by atoms with Crippen LogP contribution >= 0.6 is 0 Å². The van der Waals surface area contributed by atoms with Crippen LogP contribution < -0.4 is 27.0 Å². The fourth-order valence-corrected chi connectivity index (χ4v) is 3.45. The molecule has 3 atom stereocenters. The molecule has 0 aromatic heterocycles. The van der Waals surface area contributed by atoms with Gasteiger partial charge in [0.1, 0.15) is 18.1 Å². The minimum atomic E-state index is -6.06. The Morgan fingerprint density at radius 1 is 0.886 bits per heavy atom. The summed E-state index contributed by atoms with van der Waals surface area (Å²) in [6, 6.07) is 0.455. The van der Waals surface area contributed by atoms with Crippen molar-refractivity contribution in [1.29, 1.82) is 0 Å². The van der Waals surface area contributed by atoms with Crippen LogP contribution in [0.4, 0.5) is 26.3 Å². The van der Waals surface area contributed by atoms with Crippen LogP contribution in [0.1, 0.15) is 23.7 Å². The zero-order valence-corrected chi connectivity index (χ0v) is 23.3. The number of rotatable bonds is 16. The number of hydrogen-bond acceptors (Lipinski definition) is 10. The monoisotopic (exact) mass is 643 g/mol. The molecule has 0 aliphatic rings. The van der Waals surface area contributed by atoms with Gasteiger partial charge < -0.3 is 36.5 Å². The smallest absolute Gasteiger partial charge is 0.403 e. The average Bonchev–Trinajstić information content (AvgIpc) is 2.93. The normalized spacial score (nSPS) is 13.7. The van der Waals surface area contributed by atoms with Gasteiger partial charge in [-0.3, -0.25) is 24.0 Å². The number of ketones is 1. The van der Waals surface area contributed by atoms with Gasteiger partial charge in [-0.05, 0) is 19.1 Å². The lowest BCUT2D eigenvalue weighted by Gasteiger charge is -2.31. The van der Waals surface area contributed by atoms with Gasteiger partial charge in [-0.15, -0.1) is 0 Å². The van der Waals surface area contributed by atoms with Crippen LogP contribution in [-0.4, -0.2) is 99.3 Å². The molecule has 0 radical (unpaired) electrons. The van der Waals surface area contributed by atoms with Gasteiger partial charge in [0.15, 0.2) is 18.3 Å². The Morgan fingerprint density at radius 3 is 2.00 bits per heavy atom. The van der Waals surface area contributed by atoms with Crippen LogP contribution in [0.3, 0.4) is 0 Å². The molecule has 6 N–H and O–H groups in total. The van der Waals surface area contributed by atoms with E-state index in [9.17, 15) is 55.1 Å². The molecule has 246 valence electrons. The second-order valence-electron chi connectivity index (χ2n) is 9.05. The second-order valence-corrected chi connectivity index (χ2v) is 9.05. The van der Waals surface area contributed by atoms with Crippen LogP contribution in [0, 0.1) is 5.92 Å². The van der Waals surface area contributed by atoms with Gasteiger partial charge in [-0.1, -0.05) is 18.2 Å². The first-order chi connectivity index (χ1) is 20.4. The fourth-order valence-electron chi connectivity index (χ4n) is 3.45. The first kappa shape index (κ1) is 37.8. The topological polar surface area (TPSA) is 195 Å². The van der Waals surface area contributed by atoms with Crippen LogP contribution in [0.25, 0.3) is 0 Å². The van der Waals surface area contributed by atoms with Crippen LogP contribution in [0.5, 0.6) is 0 Å². The highest BCUT2D eigenvalue weighted by Gasteiger charge is 2.62.